The molecule has 0 aromatic heterocycles. The Balaban J connectivity index is 0.000000267. The SMILES string of the molecule is NCCC1CCCC1.O=C(O)CSCC(=O)NCCC1CCCC1.O=C1CSCC(=O)O1. The van der Waals surface area contributed by atoms with Crippen LogP contribution in [0.15, 0.2) is 0 Å². The number of rotatable bonds is 9. The van der Waals surface area contributed by atoms with Crippen molar-refractivity contribution < 1.29 is 29.0 Å². The highest BCUT2D eigenvalue weighted by Gasteiger charge is 2.17. The molecule has 32 heavy (non-hydrogen) atoms. The average Bonchev–Trinajstić information content (AvgIpc) is 3.43. The minimum atomic E-state index is -0.872. The zero-order valence-corrected chi connectivity index (χ0v) is 20.5. The van der Waals surface area contributed by atoms with Gasteiger partial charge in [-0.15, -0.1) is 23.5 Å². The Labute approximate surface area is 199 Å². The number of thioether (sulfide) groups is 2. The van der Waals surface area contributed by atoms with Crippen molar-refractivity contribution in [3.63, 3.8) is 0 Å². The number of cyclic esters (lactones) is 2. The Morgan fingerprint density at radius 1 is 0.969 bits per heavy atom. The van der Waals surface area contributed by atoms with Gasteiger partial charge in [0.25, 0.3) is 0 Å². The molecule has 0 unspecified atom stereocenters. The van der Waals surface area contributed by atoms with Gasteiger partial charge >= 0.3 is 17.9 Å². The van der Waals surface area contributed by atoms with Crippen LogP contribution < -0.4 is 11.1 Å². The molecule has 10 heteroatoms. The molecular weight excluding hydrogens is 452 g/mol. The van der Waals surface area contributed by atoms with E-state index in [0.29, 0.717) is 11.5 Å². The third-order valence-corrected chi connectivity index (χ3v) is 7.32. The second-order valence-electron chi connectivity index (χ2n) is 8.24. The molecule has 0 spiro atoms. The summed E-state index contributed by atoms with van der Waals surface area (Å²) in [6, 6.07) is 0. The molecule has 2 saturated carbocycles. The van der Waals surface area contributed by atoms with Crippen LogP contribution in [-0.4, -0.2) is 65.0 Å². The van der Waals surface area contributed by atoms with Crippen LogP contribution in [0.4, 0.5) is 0 Å². The largest absolute Gasteiger partial charge is 0.481 e. The van der Waals surface area contributed by atoms with Crippen molar-refractivity contribution in [2.45, 2.75) is 64.2 Å². The van der Waals surface area contributed by atoms with Crippen molar-refractivity contribution in [3.05, 3.63) is 0 Å². The first kappa shape index (κ1) is 28.8. The molecule has 3 fully saturated rings. The molecule has 2 aliphatic carbocycles. The van der Waals surface area contributed by atoms with E-state index in [1.54, 1.807) is 0 Å². The lowest BCUT2D eigenvalue weighted by atomic mass is 10.0. The summed E-state index contributed by atoms with van der Waals surface area (Å²) in [7, 11) is 0. The van der Waals surface area contributed by atoms with Gasteiger partial charge in [0, 0.05) is 6.54 Å². The first-order valence-electron chi connectivity index (χ1n) is 11.5. The molecule has 0 radical (unpaired) electrons. The summed E-state index contributed by atoms with van der Waals surface area (Å²) in [4.78, 5) is 41.9. The molecular formula is C22H38N2O6S2. The normalized spacial score (nSPS) is 18.8. The first-order chi connectivity index (χ1) is 15.4. The maximum Gasteiger partial charge on any atom is 0.323 e. The molecule has 184 valence electrons. The van der Waals surface area contributed by atoms with Crippen LogP contribution in [0, 0.1) is 11.8 Å². The van der Waals surface area contributed by atoms with Gasteiger partial charge in [0.2, 0.25) is 5.91 Å². The minimum absolute atomic E-state index is 0.00392. The van der Waals surface area contributed by atoms with Gasteiger partial charge < -0.3 is 20.9 Å². The van der Waals surface area contributed by atoms with E-state index < -0.39 is 17.9 Å². The molecule has 0 atom stereocenters. The van der Waals surface area contributed by atoms with Gasteiger partial charge in [0.1, 0.15) is 0 Å². The highest BCUT2D eigenvalue weighted by Crippen LogP contribution is 2.27. The summed E-state index contributed by atoms with van der Waals surface area (Å²) in [5.41, 5.74) is 5.41. The van der Waals surface area contributed by atoms with Gasteiger partial charge in [-0.2, -0.15) is 0 Å². The summed E-state index contributed by atoms with van der Waals surface area (Å²) in [5, 5.41) is 11.2. The van der Waals surface area contributed by atoms with Crippen LogP contribution in [0.1, 0.15) is 64.2 Å². The molecule has 1 saturated heterocycles. The zero-order valence-electron chi connectivity index (χ0n) is 18.9. The van der Waals surface area contributed by atoms with Crippen LogP contribution in [0.25, 0.3) is 0 Å². The number of carboxylic acids is 1. The van der Waals surface area contributed by atoms with E-state index in [4.69, 9.17) is 10.8 Å². The Morgan fingerprint density at radius 2 is 1.50 bits per heavy atom. The van der Waals surface area contributed by atoms with Crippen molar-refractivity contribution >= 4 is 47.3 Å². The number of nitrogens with two attached hydrogens (primary N) is 1. The molecule has 1 aliphatic heterocycles. The van der Waals surface area contributed by atoms with Crippen molar-refractivity contribution in [3.8, 4) is 0 Å². The fraction of sp³-hybridized carbons (Fsp3) is 0.818. The third-order valence-electron chi connectivity index (χ3n) is 5.53. The first-order valence-corrected chi connectivity index (χ1v) is 13.8. The van der Waals surface area contributed by atoms with E-state index in [1.807, 2.05) is 0 Å². The summed E-state index contributed by atoms with van der Waals surface area (Å²) in [5.74, 6) is 0.863. The Morgan fingerprint density at radius 3 is 1.94 bits per heavy atom. The minimum Gasteiger partial charge on any atom is -0.481 e. The number of ether oxygens (including phenoxy) is 1. The molecule has 0 aromatic rings. The third kappa shape index (κ3) is 15.5. The fourth-order valence-corrected chi connectivity index (χ4v) is 5.05. The summed E-state index contributed by atoms with van der Waals surface area (Å²) < 4.78 is 4.19. The smallest absolute Gasteiger partial charge is 0.323 e. The lowest BCUT2D eigenvalue weighted by Crippen LogP contribution is -2.27. The van der Waals surface area contributed by atoms with Crippen molar-refractivity contribution in [1.29, 1.82) is 0 Å². The number of aliphatic carboxylic acids is 1. The van der Waals surface area contributed by atoms with Gasteiger partial charge in [-0.1, -0.05) is 51.4 Å². The van der Waals surface area contributed by atoms with E-state index in [2.05, 4.69) is 10.1 Å². The highest BCUT2D eigenvalue weighted by molar-refractivity contribution is 8.00. The van der Waals surface area contributed by atoms with Gasteiger partial charge in [-0.25, -0.2) is 0 Å². The van der Waals surface area contributed by atoms with Crippen molar-refractivity contribution in [1.82, 2.24) is 5.32 Å². The average molecular weight is 491 g/mol. The van der Waals surface area contributed by atoms with Crippen molar-refractivity contribution in [2.75, 3.05) is 36.1 Å². The molecule has 1 amide bonds. The molecule has 8 nitrogen and oxygen atoms in total. The number of amides is 1. The van der Waals surface area contributed by atoms with Gasteiger partial charge in [0.15, 0.2) is 0 Å². The second kappa shape index (κ2) is 18.2. The number of hydrogen-bond acceptors (Lipinski definition) is 8. The summed E-state index contributed by atoms with van der Waals surface area (Å²) in [6.07, 6.45) is 13.4. The zero-order chi connectivity index (χ0) is 23.6. The molecule has 4 N–H and O–H groups in total. The number of carboxylic acid groups (broad SMARTS) is 1. The maximum atomic E-state index is 11.3. The van der Waals surface area contributed by atoms with E-state index in [0.717, 1.165) is 43.1 Å². The number of hydrogen-bond donors (Lipinski definition) is 3. The second-order valence-corrected chi connectivity index (χ2v) is 10.2. The quantitative estimate of drug-likeness (QED) is 0.329. The number of carbonyl (C=O) groups excluding carboxylic acids is 3. The van der Waals surface area contributed by atoms with E-state index in [1.165, 1.54) is 69.5 Å². The summed E-state index contributed by atoms with van der Waals surface area (Å²) >= 11 is 2.43. The number of nitrogens with one attached hydrogen (secondary N) is 1. The van der Waals surface area contributed by atoms with Gasteiger partial charge in [-0.3, -0.25) is 19.2 Å². The molecule has 3 rings (SSSR count). The highest BCUT2D eigenvalue weighted by atomic mass is 32.2. The predicted molar refractivity (Wildman–Crippen MR) is 129 cm³/mol. The molecule has 3 aliphatic rings. The Hall–Kier alpha value is -1.26. The Bertz CT molecular complexity index is 565. The lowest BCUT2D eigenvalue weighted by Gasteiger charge is -2.09. The molecule has 0 bridgehead atoms. The standard InChI is InChI=1S/C11H19NO3S.C7H15N.C4H4O3S/c13-10(7-16-8-11(14)15)12-6-5-9-3-1-2-4-9;8-6-5-7-3-1-2-4-7;5-3-1-8-2-4(6)7-3/h9H,1-8H2,(H,12,13)(H,14,15);7H,1-6,8H2;1-2H2. The van der Waals surface area contributed by atoms with Crippen LogP contribution in [0.5, 0.6) is 0 Å². The van der Waals surface area contributed by atoms with Crippen LogP contribution in [-0.2, 0) is 23.9 Å². The van der Waals surface area contributed by atoms with E-state index in [9.17, 15) is 19.2 Å². The fourth-order valence-electron chi connectivity index (χ4n) is 3.94. The lowest BCUT2D eigenvalue weighted by molar-refractivity contribution is -0.156. The van der Waals surface area contributed by atoms with Gasteiger partial charge in [-0.05, 0) is 31.2 Å². The van der Waals surface area contributed by atoms with Crippen LogP contribution in [0.2, 0.25) is 0 Å². The summed E-state index contributed by atoms with van der Waals surface area (Å²) in [6.45, 7) is 1.63. The molecule has 1 heterocycles. The van der Waals surface area contributed by atoms with Crippen LogP contribution in [0.3, 0.4) is 0 Å². The Kier molecular flexibility index (Phi) is 16.4. The number of carbonyl (C=O) groups is 4. The van der Waals surface area contributed by atoms with Crippen molar-refractivity contribution in [2.24, 2.45) is 17.6 Å². The monoisotopic (exact) mass is 490 g/mol. The maximum absolute atomic E-state index is 11.3. The van der Waals surface area contributed by atoms with Gasteiger partial charge in [0.05, 0.1) is 23.0 Å². The van der Waals surface area contributed by atoms with E-state index >= 15 is 0 Å². The number of esters is 2. The molecule has 0 aromatic carbocycles. The predicted octanol–water partition coefficient (Wildman–Crippen LogP) is 2.83. The van der Waals surface area contributed by atoms with E-state index in [-0.39, 0.29) is 17.4 Å². The topological polar surface area (TPSA) is 136 Å². The van der Waals surface area contributed by atoms with Crippen LogP contribution >= 0.6 is 23.5 Å².